The van der Waals surface area contributed by atoms with Gasteiger partial charge in [0.2, 0.25) is 0 Å². The Morgan fingerprint density at radius 2 is 1.82 bits per heavy atom. The Labute approximate surface area is 171 Å². The zero-order chi connectivity index (χ0) is 20.3. The maximum Gasteiger partial charge on any atom is 0.261 e. The first-order chi connectivity index (χ1) is 13.4. The van der Waals surface area contributed by atoms with Gasteiger partial charge in [0, 0.05) is 11.1 Å². The van der Waals surface area contributed by atoms with Crippen molar-refractivity contribution in [3.05, 3.63) is 57.1 Å². The molecule has 0 fully saturated rings. The normalized spacial score (nSPS) is 12.0. The number of methoxy groups -OCH3 is 2. The number of fused-ring (bicyclic) bond motifs is 1. The average Bonchev–Trinajstić information content (AvgIpc) is 2.68. The molecule has 1 heterocycles. The summed E-state index contributed by atoms with van der Waals surface area (Å²) in [5.41, 5.74) is 0.159. The van der Waals surface area contributed by atoms with E-state index >= 15 is 0 Å². The predicted octanol–water partition coefficient (Wildman–Crippen LogP) is 3.16. The SMILES string of the molecule is COc1cc2ncn(CC(O)COc3ccc(Cl)cc3Cl)c(=O)c2cc1OC. The van der Waals surface area contributed by atoms with Crippen LogP contribution >= 0.6 is 23.2 Å². The minimum atomic E-state index is -0.955. The molecular formula is C19H18Cl2N2O5. The van der Waals surface area contributed by atoms with E-state index in [0.717, 1.165) is 0 Å². The van der Waals surface area contributed by atoms with Crippen LogP contribution in [0.1, 0.15) is 0 Å². The second-order valence-electron chi connectivity index (χ2n) is 5.97. The van der Waals surface area contributed by atoms with Crippen LogP contribution in [0.2, 0.25) is 10.0 Å². The zero-order valence-corrected chi connectivity index (χ0v) is 16.7. The van der Waals surface area contributed by atoms with E-state index in [0.29, 0.717) is 38.2 Å². The van der Waals surface area contributed by atoms with Gasteiger partial charge in [-0.2, -0.15) is 0 Å². The van der Waals surface area contributed by atoms with E-state index in [1.54, 1.807) is 30.3 Å². The van der Waals surface area contributed by atoms with Crippen molar-refractivity contribution in [2.75, 3.05) is 20.8 Å². The molecule has 7 nitrogen and oxygen atoms in total. The number of hydrogen-bond donors (Lipinski definition) is 1. The molecule has 1 unspecified atom stereocenters. The van der Waals surface area contributed by atoms with E-state index in [1.807, 2.05) is 0 Å². The van der Waals surface area contributed by atoms with Crippen LogP contribution in [0.15, 0.2) is 41.5 Å². The number of ether oxygens (including phenoxy) is 3. The van der Waals surface area contributed by atoms with Gasteiger partial charge < -0.3 is 19.3 Å². The fourth-order valence-corrected chi connectivity index (χ4v) is 3.14. The summed E-state index contributed by atoms with van der Waals surface area (Å²) in [7, 11) is 3.00. The highest BCUT2D eigenvalue weighted by molar-refractivity contribution is 6.35. The largest absolute Gasteiger partial charge is 0.493 e. The summed E-state index contributed by atoms with van der Waals surface area (Å²) in [5, 5.41) is 11.4. The highest BCUT2D eigenvalue weighted by atomic mass is 35.5. The van der Waals surface area contributed by atoms with Crippen molar-refractivity contribution < 1.29 is 19.3 Å². The molecule has 2 aromatic carbocycles. The topological polar surface area (TPSA) is 82.8 Å². The Morgan fingerprint density at radius 1 is 1.11 bits per heavy atom. The fourth-order valence-electron chi connectivity index (χ4n) is 2.67. The summed E-state index contributed by atoms with van der Waals surface area (Å²) >= 11 is 11.9. The maximum absolute atomic E-state index is 12.7. The predicted molar refractivity (Wildman–Crippen MR) is 107 cm³/mol. The van der Waals surface area contributed by atoms with Gasteiger partial charge in [0.1, 0.15) is 18.5 Å². The van der Waals surface area contributed by atoms with Gasteiger partial charge in [-0.15, -0.1) is 0 Å². The molecule has 0 spiro atoms. The van der Waals surface area contributed by atoms with Crippen LogP contribution in [0.25, 0.3) is 10.9 Å². The number of hydrogen-bond acceptors (Lipinski definition) is 6. The number of benzene rings is 2. The van der Waals surface area contributed by atoms with E-state index in [9.17, 15) is 9.90 Å². The van der Waals surface area contributed by atoms with Gasteiger partial charge in [0.25, 0.3) is 5.56 Å². The van der Waals surface area contributed by atoms with Crippen molar-refractivity contribution in [2.45, 2.75) is 12.6 Å². The molecule has 0 saturated carbocycles. The van der Waals surface area contributed by atoms with Crippen LogP contribution in [0, 0.1) is 0 Å². The lowest BCUT2D eigenvalue weighted by atomic mass is 10.2. The van der Waals surface area contributed by atoms with E-state index in [2.05, 4.69) is 4.98 Å². The van der Waals surface area contributed by atoms with Crippen LogP contribution in [0.3, 0.4) is 0 Å². The molecule has 3 aromatic rings. The third kappa shape index (κ3) is 4.32. The Bertz CT molecular complexity index is 1050. The number of rotatable bonds is 7. The van der Waals surface area contributed by atoms with Gasteiger partial charge in [0.15, 0.2) is 11.5 Å². The van der Waals surface area contributed by atoms with Gasteiger partial charge >= 0.3 is 0 Å². The van der Waals surface area contributed by atoms with Gasteiger partial charge in [0.05, 0.1) is 43.0 Å². The van der Waals surface area contributed by atoms with E-state index in [-0.39, 0.29) is 18.7 Å². The van der Waals surface area contributed by atoms with Crippen molar-refractivity contribution in [1.82, 2.24) is 9.55 Å². The number of aliphatic hydroxyl groups is 1. The average molecular weight is 425 g/mol. The van der Waals surface area contributed by atoms with Crippen molar-refractivity contribution >= 4 is 34.1 Å². The van der Waals surface area contributed by atoms with E-state index < -0.39 is 6.10 Å². The first-order valence-corrected chi connectivity index (χ1v) is 9.05. The second-order valence-corrected chi connectivity index (χ2v) is 6.81. The highest BCUT2D eigenvalue weighted by Crippen LogP contribution is 2.30. The molecule has 0 radical (unpaired) electrons. The molecule has 148 valence electrons. The Balaban J connectivity index is 1.77. The Hall–Kier alpha value is -2.48. The summed E-state index contributed by atoms with van der Waals surface area (Å²) in [6, 6.07) is 7.98. The number of halogens is 2. The maximum atomic E-state index is 12.7. The molecule has 28 heavy (non-hydrogen) atoms. The van der Waals surface area contributed by atoms with Gasteiger partial charge in [-0.1, -0.05) is 23.2 Å². The highest BCUT2D eigenvalue weighted by Gasteiger charge is 2.14. The number of nitrogens with zero attached hydrogens (tertiary/aromatic N) is 2. The molecule has 1 N–H and O–H groups in total. The summed E-state index contributed by atoms with van der Waals surface area (Å²) < 4.78 is 17.3. The summed E-state index contributed by atoms with van der Waals surface area (Å²) in [6.07, 6.45) is 0.415. The quantitative estimate of drug-likeness (QED) is 0.626. The molecule has 0 amide bonds. The van der Waals surface area contributed by atoms with Gasteiger partial charge in [-0.3, -0.25) is 9.36 Å². The minimum absolute atomic E-state index is 0.00132. The van der Waals surface area contributed by atoms with Crippen molar-refractivity contribution in [3.63, 3.8) is 0 Å². The molecular weight excluding hydrogens is 407 g/mol. The Morgan fingerprint density at radius 3 is 2.50 bits per heavy atom. The lowest BCUT2D eigenvalue weighted by molar-refractivity contribution is 0.0915. The molecule has 1 atom stereocenters. The third-order valence-electron chi connectivity index (χ3n) is 4.06. The van der Waals surface area contributed by atoms with E-state index in [1.165, 1.54) is 25.1 Å². The molecule has 0 aliphatic carbocycles. The van der Waals surface area contributed by atoms with Crippen molar-refractivity contribution in [2.24, 2.45) is 0 Å². The number of aliphatic hydroxyl groups excluding tert-OH is 1. The van der Waals surface area contributed by atoms with Crippen LogP contribution in [-0.4, -0.2) is 41.6 Å². The molecule has 9 heteroatoms. The third-order valence-corrected chi connectivity index (χ3v) is 4.59. The van der Waals surface area contributed by atoms with Gasteiger partial charge in [-0.05, 0) is 24.3 Å². The first-order valence-electron chi connectivity index (χ1n) is 8.30. The van der Waals surface area contributed by atoms with Crippen LogP contribution in [0.4, 0.5) is 0 Å². The molecule has 0 bridgehead atoms. The standard InChI is InChI=1S/C19H18Cl2N2O5/c1-26-17-6-13-15(7-18(17)27-2)22-10-23(19(13)25)8-12(24)9-28-16-4-3-11(20)5-14(16)21/h3-7,10,12,24H,8-9H2,1-2H3. The molecule has 0 saturated heterocycles. The summed E-state index contributed by atoms with van der Waals surface area (Å²) in [4.78, 5) is 17.0. The molecule has 1 aromatic heterocycles. The lowest BCUT2D eigenvalue weighted by Gasteiger charge is -2.15. The van der Waals surface area contributed by atoms with E-state index in [4.69, 9.17) is 37.4 Å². The first kappa shape index (κ1) is 20.3. The lowest BCUT2D eigenvalue weighted by Crippen LogP contribution is -2.30. The van der Waals surface area contributed by atoms with Crippen LogP contribution < -0.4 is 19.8 Å². The smallest absolute Gasteiger partial charge is 0.261 e. The second kappa shape index (κ2) is 8.68. The number of aromatic nitrogens is 2. The fraction of sp³-hybridized carbons (Fsp3) is 0.263. The van der Waals surface area contributed by atoms with Crippen molar-refractivity contribution in [1.29, 1.82) is 0 Å². The molecule has 0 aliphatic heterocycles. The summed E-state index contributed by atoms with van der Waals surface area (Å²) in [5.74, 6) is 1.30. The monoisotopic (exact) mass is 424 g/mol. The molecule has 0 aliphatic rings. The van der Waals surface area contributed by atoms with Crippen LogP contribution in [0.5, 0.6) is 17.2 Å². The minimum Gasteiger partial charge on any atom is -0.493 e. The van der Waals surface area contributed by atoms with Gasteiger partial charge in [-0.25, -0.2) is 4.98 Å². The molecule has 3 rings (SSSR count). The Kier molecular flexibility index (Phi) is 6.28. The van der Waals surface area contributed by atoms with Crippen molar-refractivity contribution in [3.8, 4) is 17.2 Å². The van der Waals surface area contributed by atoms with Crippen LogP contribution in [-0.2, 0) is 6.54 Å². The zero-order valence-electron chi connectivity index (χ0n) is 15.2. The summed E-state index contributed by atoms with van der Waals surface area (Å²) in [6.45, 7) is -0.0565.